The summed E-state index contributed by atoms with van der Waals surface area (Å²) in [7, 11) is 1.49. The molecule has 0 saturated carbocycles. The number of amides is 1. The Balaban J connectivity index is 1.65. The Bertz CT molecular complexity index is 1170. The number of aromatic nitrogens is 4. The summed E-state index contributed by atoms with van der Waals surface area (Å²) in [4.78, 5) is 16.1. The average molecular weight is 358 g/mol. The maximum Gasteiger partial charge on any atom is 0.274 e. The Morgan fingerprint density at radius 2 is 2.04 bits per heavy atom. The molecule has 0 aliphatic rings. The first-order valence-corrected chi connectivity index (χ1v) is 8.05. The molecule has 3 heterocycles. The second-order valence-corrected chi connectivity index (χ2v) is 5.67. The minimum Gasteiger partial charge on any atom is -0.478 e. The van der Waals surface area contributed by atoms with E-state index in [9.17, 15) is 4.79 Å². The topological polar surface area (TPSA) is 77.8 Å². The largest absolute Gasteiger partial charge is 0.478 e. The van der Waals surface area contributed by atoms with Crippen LogP contribution in [0.2, 0.25) is 0 Å². The standard InChI is InChI=1S/C19H14N6O2/c1-20-13-10-15-8-9-17(25(15)21-11-13)18(26)22-16-12-24(23-19(16)27-2)14-6-4-3-5-7-14/h3-12H,2H3,(H,22,26). The molecule has 1 N–H and O–H groups in total. The van der Waals surface area contributed by atoms with Gasteiger partial charge in [0.15, 0.2) is 0 Å². The van der Waals surface area contributed by atoms with Crippen LogP contribution >= 0.6 is 0 Å². The zero-order valence-corrected chi connectivity index (χ0v) is 14.3. The van der Waals surface area contributed by atoms with E-state index in [1.54, 1.807) is 29.1 Å². The third kappa shape index (κ3) is 2.98. The van der Waals surface area contributed by atoms with Gasteiger partial charge in [0.1, 0.15) is 11.4 Å². The van der Waals surface area contributed by atoms with E-state index >= 15 is 0 Å². The third-order valence-corrected chi connectivity index (χ3v) is 3.99. The molecule has 132 valence electrons. The lowest BCUT2D eigenvalue weighted by Gasteiger charge is -2.04. The Morgan fingerprint density at radius 3 is 2.78 bits per heavy atom. The van der Waals surface area contributed by atoms with Crippen molar-refractivity contribution < 1.29 is 9.53 Å². The van der Waals surface area contributed by atoms with Crippen molar-refractivity contribution >= 4 is 22.8 Å². The summed E-state index contributed by atoms with van der Waals surface area (Å²) in [6.07, 6.45) is 3.11. The minimum atomic E-state index is -0.357. The number of rotatable bonds is 4. The molecule has 0 spiro atoms. The van der Waals surface area contributed by atoms with Gasteiger partial charge in [-0.2, -0.15) is 5.10 Å². The first kappa shape index (κ1) is 16.4. The fraction of sp³-hybridized carbons (Fsp3) is 0.0526. The van der Waals surface area contributed by atoms with Gasteiger partial charge < -0.3 is 10.1 Å². The predicted molar refractivity (Wildman–Crippen MR) is 99.5 cm³/mol. The van der Waals surface area contributed by atoms with Gasteiger partial charge in [0.25, 0.3) is 11.8 Å². The van der Waals surface area contributed by atoms with E-state index in [1.165, 1.54) is 17.8 Å². The first-order valence-electron chi connectivity index (χ1n) is 8.05. The maximum atomic E-state index is 12.7. The molecule has 4 aromatic rings. The van der Waals surface area contributed by atoms with Crippen molar-refractivity contribution in [3.05, 3.63) is 78.0 Å². The highest BCUT2D eigenvalue weighted by Crippen LogP contribution is 2.25. The van der Waals surface area contributed by atoms with Gasteiger partial charge in [-0.15, -0.1) is 5.10 Å². The Labute approximate surface area is 154 Å². The van der Waals surface area contributed by atoms with Crippen molar-refractivity contribution in [3.63, 3.8) is 0 Å². The zero-order valence-electron chi connectivity index (χ0n) is 14.3. The third-order valence-electron chi connectivity index (χ3n) is 3.99. The van der Waals surface area contributed by atoms with E-state index in [-0.39, 0.29) is 5.91 Å². The second kappa shape index (κ2) is 6.65. The van der Waals surface area contributed by atoms with Gasteiger partial charge in [-0.3, -0.25) is 4.79 Å². The molecule has 0 aliphatic carbocycles. The lowest BCUT2D eigenvalue weighted by atomic mass is 10.3. The number of hydrogen-bond acceptors (Lipinski definition) is 4. The van der Waals surface area contributed by atoms with Crippen molar-refractivity contribution in [2.75, 3.05) is 12.4 Å². The number of methoxy groups -OCH3 is 1. The van der Waals surface area contributed by atoms with Crippen LogP contribution in [0.4, 0.5) is 11.4 Å². The first-order chi connectivity index (χ1) is 13.2. The Kier molecular flexibility index (Phi) is 4.03. The summed E-state index contributed by atoms with van der Waals surface area (Å²) in [6.45, 7) is 7.05. The number of nitrogens with zero attached hydrogens (tertiary/aromatic N) is 5. The number of carbonyl (C=O) groups is 1. The number of ether oxygens (including phenoxy) is 1. The Morgan fingerprint density at radius 1 is 1.22 bits per heavy atom. The number of anilines is 1. The van der Waals surface area contributed by atoms with Crippen LogP contribution in [0.25, 0.3) is 16.0 Å². The summed E-state index contributed by atoms with van der Waals surface area (Å²) in [6, 6.07) is 14.6. The molecule has 0 atom stereocenters. The molecule has 0 unspecified atom stereocenters. The van der Waals surface area contributed by atoms with Gasteiger partial charge in [-0.05, 0) is 30.3 Å². The average Bonchev–Trinajstić information content (AvgIpc) is 3.32. The smallest absolute Gasteiger partial charge is 0.274 e. The van der Waals surface area contributed by atoms with E-state index < -0.39 is 0 Å². The molecule has 0 radical (unpaired) electrons. The maximum absolute atomic E-state index is 12.7. The molecule has 1 aromatic carbocycles. The second-order valence-electron chi connectivity index (χ2n) is 5.67. The van der Waals surface area contributed by atoms with Crippen LogP contribution in [0.1, 0.15) is 10.5 Å². The van der Waals surface area contributed by atoms with E-state index in [0.29, 0.717) is 28.5 Å². The highest BCUT2D eigenvalue weighted by Gasteiger charge is 2.17. The van der Waals surface area contributed by atoms with Gasteiger partial charge in [-0.1, -0.05) is 18.2 Å². The summed E-state index contributed by atoms with van der Waals surface area (Å²) < 4.78 is 8.40. The van der Waals surface area contributed by atoms with Crippen molar-refractivity contribution in [1.29, 1.82) is 0 Å². The lowest BCUT2D eigenvalue weighted by Crippen LogP contribution is -2.15. The molecule has 8 nitrogen and oxygen atoms in total. The van der Waals surface area contributed by atoms with Crippen molar-refractivity contribution in [1.82, 2.24) is 19.4 Å². The monoisotopic (exact) mass is 358 g/mol. The Hall–Kier alpha value is -4.12. The quantitative estimate of drug-likeness (QED) is 0.568. The van der Waals surface area contributed by atoms with Gasteiger partial charge >= 0.3 is 0 Å². The number of carbonyl (C=O) groups excluding carboxylic acids is 1. The van der Waals surface area contributed by atoms with Gasteiger partial charge in [0, 0.05) is 0 Å². The molecule has 8 heteroatoms. The van der Waals surface area contributed by atoms with Crippen molar-refractivity contribution in [2.24, 2.45) is 0 Å². The van der Waals surface area contributed by atoms with Gasteiger partial charge in [0.05, 0.1) is 37.3 Å². The highest BCUT2D eigenvalue weighted by molar-refractivity contribution is 6.04. The zero-order chi connectivity index (χ0) is 18.8. The number of nitrogens with one attached hydrogen (secondary N) is 1. The molecule has 3 aromatic heterocycles. The summed E-state index contributed by atoms with van der Waals surface area (Å²) in [5, 5.41) is 11.3. The van der Waals surface area contributed by atoms with Crippen molar-refractivity contribution in [3.8, 4) is 11.6 Å². The van der Waals surface area contributed by atoms with Crippen LogP contribution < -0.4 is 10.1 Å². The lowest BCUT2D eigenvalue weighted by molar-refractivity contribution is 0.102. The van der Waals surface area contributed by atoms with Crippen LogP contribution in [0.15, 0.2) is 60.9 Å². The van der Waals surface area contributed by atoms with Crippen molar-refractivity contribution in [2.45, 2.75) is 0 Å². The SMILES string of the molecule is [C-]#[N+]c1cnn2c(C(=O)Nc3cn(-c4ccccc4)nc3OC)ccc2c1. The number of fused-ring (bicyclic) bond motifs is 1. The highest BCUT2D eigenvalue weighted by atomic mass is 16.5. The van der Waals surface area contributed by atoms with Gasteiger partial charge in [0.2, 0.25) is 5.69 Å². The van der Waals surface area contributed by atoms with Crippen LogP contribution in [0, 0.1) is 6.57 Å². The summed E-state index contributed by atoms with van der Waals surface area (Å²) >= 11 is 0. The number of para-hydroxylation sites is 1. The predicted octanol–water partition coefficient (Wildman–Crippen LogP) is 3.33. The molecular weight excluding hydrogens is 344 g/mol. The van der Waals surface area contributed by atoms with E-state index in [2.05, 4.69) is 20.4 Å². The van der Waals surface area contributed by atoms with Crippen LogP contribution in [-0.4, -0.2) is 32.4 Å². The molecule has 0 bridgehead atoms. The minimum absolute atomic E-state index is 0.302. The molecule has 27 heavy (non-hydrogen) atoms. The molecule has 0 aliphatic heterocycles. The van der Waals surface area contributed by atoms with Gasteiger partial charge in [-0.25, -0.2) is 14.0 Å². The fourth-order valence-corrected chi connectivity index (χ4v) is 2.72. The van der Waals surface area contributed by atoms with Crippen LogP contribution in [0.5, 0.6) is 5.88 Å². The van der Waals surface area contributed by atoms with E-state index in [0.717, 1.165) is 5.69 Å². The number of benzene rings is 1. The summed E-state index contributed by atoms with van der Waals surface area (Å²) in [5.41, 5.74) is 2.71. The van der Waals surface area contributed by atoms with Crippen LogP contribution in [-0.2, 0) is 0 Å². The molecule has 4 rings (SSSR count). The van der Waals surface area contributed by atoms with E-state index in [4.69, 9.17) is 11.3 Å². The molecule has 0 saturated heterocycles. The molecule has 0 fully saturated rings. The number of hydrogen-bond donors (Lipinski definition) is 1. The van der Waals surface area contributed by atoms with E-state index in [1.807, 2.05) is 30.3 Å². The molecule has 1 amide bonds. The fourth-order valence-electron chi connectivity index (χ4n) is 2.72. The molecular formula is C19H14N6O2. The normalized spacial score (nSPS) is 10.5. The summed E-state index contributed by atoms with van der Waals surface area (Å²) in [5.74, 6) is -0.0553. The van der Waals surface area contributed by atoms with Crippen LogP contribution in [0.3, 0.4) is 0 Å².